The van der Waals surface area contributed by atoms with Crippen molar-refractivity contribution in [3.63, 3.8) is 0 Å². The van der Waals surface area contributed by atoms with E-state index >= 15 is 0 Å². The van der Waals surface area contributed by atoms with E-state index in [2.05, 4.69) is 34.1 Å². The zero-order valence-electron chi connectivity index (χ0n) is 10.3. The minimum atomic E-state index is 0.420. The largest absolute Gasteiger partial charge is 0.365 e. The van der Waals surface area contributed by atoms with Crippen LogP contribution in [0.5, 0.6) is 0 Å². The van der Waals surface area contributed by atoms with Crippen molar-refractivity contribution in [3.05, 3.63) is 34.2 Å². The molecule has 0 unspecified atom stereocenters. The summed E-state index contributed by atoms with van der Waals surface area (Å²) in [7, 11) is 0. The lowest BCUT2D eigenvalue weighted by Crippen LogP contribution is -2.03. The normalized spacial score (nSPS) is 10.8. The number of anilines is 1. The van der Waals surface area contributed by atoms with Gasteiger partial charge in [-0.1, -0.05) is 13.8 Å². The van der Waals surface area contributed by atoms with Crippen LogP contribution in [-0.4, -0.2) is 15.0 Å². The molecule has 0 atom stereocenters. The van der Waals surface area contributed by atoms with Gasteiger partial charge in [0.15, 0.2) is 0 Å². The Kier molecular flexibility index (Phi) is 3.68. The van der Waals surface area contributed by atoms with Crippen LogP contribution in [0.3, 0.4) is 0 Å². The molecule has 0 radical (unpaired) electrons. The minimum Gasteiger partial charge on any atom is -0.365 e. The summed E-state index contributed by atoms with van der Waals surface area (Å²) in [6.45, 7) is 7.04. The number of rotatable bonds is 4. The van der Waals surface area contributed by atoms with E-state index in [0.717, 1.165) is 23.8 Å². The second-order valence-corrected chi connectivity index (χ2v) is 5.14. The molecule has 1 N–H and O–H groups in total. The van der Waals surface area contributed by atoms with Crippen molar-refractivity contribution >= 4 is 17.2 Å². The summed E-state index contributed by atoms with van der Waals surface area (Å²) in [4.78, 5) is 13.9. The van der Waals surface area contributed by atoms with Crippen molar-refractivity contribution in [1.29, 1.82) is 0 Å². The Hall–Kier alpha value is -1.49. The average Bonchev–Trinajstić information content (AvgIpc) is 2.72. The van der Waals surface area contributed by atoms with Crippen LogP contribution in [0.15, 0.2) is 17.9 Å². The molecule has 90 valence electrons. The fourth-order valence-electron chi connectivity index (χ4n) is 1.45. The summed E-state index contributed by atoms with van der Waals surface area (Å²) in [6, 6.07) is 2.00. The molecule has 0 aliphatic rings. The highest BCUT2D eigenvalue weighted by atomic mass is 32.1. The van der Waals surface area contributed by atoms with Gasteiger partial charge in [0.25, 0.3) is 0 Å². The third kappa shape index (κ3) is 3.00. The quantitative estimate of drug-likeness (QED) is 0.903. The van der Waals surface area contributed by atoms with Crippen molar-refractivity contribution in [2.24, 2.45) is 0 Å². The summed E-state index contributed by atoms with van der Waals surface area (Å²) in [5, 5.41) is 3.30. The molecular formula is C12H16N4S. The first-order valence-electron chi connectivity index (χ1n) is 5.61. The second-order valence-electron chi connectivity index (χ2n) is 4.20. The third-order valence-electron chi connectivity index (χ3n) is 2.55. The fourth-order valence-corrected chi connectivity index (χ4v) is 2.17. The Bertz CT molecular complexity index is 493. The SMILES string of the molecule is Cc1ncsc1CNc1cc(C(C)C)ncn1. The Labute approximate surface area is 105 Å². The molecule has 0 aliphatic carbocycles. The molecule has 0 fully saturated rings. The van der Waals surface area contributed by atoms with Gasteiger partial charge in [0.05, 0.1) is 17.7 Å². The van der Waals surface area contributed by atoms with Gasteiger partial charge in [-0.15, -0.1) is 11.3 Å². The van der Waals surface area contributed by atoms with E-state index in [1.165, 1.54) is 4.88 Å². The van der Waals surface area contributed by atoms with E-state index < -0.39 is 0 Å². The summed E-state index contributed by atoms with van der Waals surface area (Å²) in [6.07, 6.45) is 1.61. The highest BCUT2D eigenvalue weighted by Gasteiger charge is 2.04. The molecule has 0 bridgehead atoms. The maximum atomic E-state index is 4.24. The van der Waals surface area contributed by atoms with Gasteiger partial charge in [0.2, 0.25) is 0 Å². The monoisotopic (exact) mass is 248 g/mol. The average molecular weight is 248 g/mol. The van der Waals surface area contributed by atoms with Crippen LogP contribution >= 0.6 is 11.3 Å². The van der Waals surface area contributed by atoms with Gasteiger partial charge in [-0.25, -0.2) is 15.0 Å². The van der Waals surface area contributed by atoms with Gasteiger partial charge < -0.3 is 5.32 Å². The van der Waals surface area contributed by atoms with Gasteiger partial charge >= 0.3 is 0 Å². The van der Waals surface area contributed by atoms with Crippen LogP contribution < -0.4 is 5.32 Å². The van der Waals surface area contributed by atoms with Crippen molar-refractivity contribution < 1.29 is 0 Å². The first-order chi connectivity index (χ1) is 8.16. The first-order valence-corrected chi connectivity index (χ1v) is 6.49. The van der Waals surface area contributed by atoms with E-state index in [1.54, 1.807) is 17.7 Å². The number of aromatic nitrogens is 3. The summed E-state index contributed by atoms with van der Waals surface area (Å²) in [5.41, 5.74) is 4.01. The van der Waals surface area contributed by atoms with E-state index in [-0.39, 0.29) is 0 Å². The van der Waals surface area contributed by atoms with Gasteiger partial charge in [0, 0.05) is 16.6 Å². The Morgan fingerprint density at radius 2 is 2.12 bits per heavy atom. The zero-order chi connectivity index (χ0) is 12.3. The van der Waals surface area contributed by atoms with Crippen molar-refractivity contribution in [1.82, 2.24) is 15.0 Å². The molecule has 0 amide bonds. The smallest absolute Gasteiger partial charge is 0.129 e. The van der Waals surface area contributed by atoms with Crippen molar-refractivity contribution in [2.75, 3.05) is 5.32 Å². The molecule has 17 heavy (non-hydrogen) atoms. The molecular weight excluding hydrogens is 232 g/mol. The molecule has 0 saturated carbocycles. The Morgan fingerprint density at radius 1 is 1.29 bits per heavy atom. The number of aryl methyl sites for hydroxylation is 1. The van der Waals surface area contributed by atoms with Crippen molar-refractivity contribution in [3.8, 4) is 0 Å². The highest BCUT2D eigenvalue weighted by Crippen LogP contribution is 2.16. The van der Waals surface area contributed by atoms with Crippen LogP contribution in [-0.2, 0) is 6.54 Å². The van der Waals surface area contributed by atoms with Crippen LogP contribution in [0.2, 0.25) is 0 Å². The van der Waals surface area contributed by atoms with Gasteiger partial charge in [-0.2, -0.15) is 0 Å². The number of hydrogen-bond acceptors (Lipinski definition) is 5. The molecule has 2 aromatic heterocycles. The van der Waals surface area contributed by atoms with E-state index in [9.17, 15) is 0 Å². The lowest BCUT2D eigenvalue weighted by molar-refractivity contribution is 0.814. The van der Waals surface area contributed by atoms with E-state index in [4.69, 9.17) is 0 Å². The molecule has 0 aliphatic heterocycles. The summed E-state index contributed by atoms with van der Waals surface area (Å²) in [5.74, 6) is 1.29. The molecule has 2 aromatic rings. The zero-order valence-corrected chi connectivity index (χ0v) is 11.1. The second kappa shape index (κ2) is 5.23. The number of nitrogens with one attached hydrogen (secondary N) is 1. The molecule has 0 aromatic carbocycles. The van der Waals surface area contributed by atoms with Crippen LogP contribution in [0, 0.1) is 6.92 Å². The molecule has 0 saturated heterocycles. The number of hydrogen-bond donors (Lipinski definition) is 1. The van der Waals surface area contributed by atoms with Crippen LogP contribution in [0.25, 0.3) is 0 Å². The maximum Gasteiger partial charge on any atom is 0.129 e. The van der Waals surface area contributed by atoms with E-state index in [0.29, 0.717) is 5.92 Å². The lowest BCUT2D eigenvalue weighted by atomic mass is 10.1. The summed E-state index contributed by atoms with van der Waals surface area (Å²) < 4.78 is 0. The molecule has 0 spiro atoms. The molecule has 2 heterocycles. The predicted molar refractivity (Wildman–Crippen MR) is 70.3 cm³/mol. The number of thiazole rings is 1. The van der Waals surface area contributed by atoms with Crippen LogP contribution in [0.1, 0.15) is 36.0 Å². The van der Waals surface area contributed by atoms with Crippen molar-refractivity contribution in [2.45, 2.75) is 33.2 Å². The maximum absolute atomic E-state index is 4.24. The Morgan fingerprint density at radius 3 is 2.76 bits per heavy atom. The highest BCUT2D eigenvalue weighted by molar-refractivity contribution is 7.09. The van der Waals surface area contributed by atoms with Gasteiger partial charge in [-0.05, 0) is 12.8 Å². The van der Waals surface area contributed by atoms with Crippen LogP contribution in [0.4, 0.5) is 5.82 Å². The van der Waals surface area contributed by atoms with Gasteiger partial charge in [0.1, 0.15) is 12.1 Å². The lowest BCUT2D eigenvalue weighted by Gasteiger charge is -2.07. The minimum absolute atomic E-state index is 0.420. The topological polar surface area (TPSA) is 50.7 Å². The van der Waals surface area contributed by atoms with E-state index in [1.807, 2.05) is 18.5 Å². The third-order valence-corrected chi connectivity index (χ3v) is 3.49. The first kappa shape index (κ1) is 12.0. The Balaban J connectivity index is 2.04. The van der Waals surface area contributed by atoms with Gasteiger partial charge in [-0.3, -0.25) is 0 Å². The fraction of sp³-hybridized carbons (Fsp3) is 0.417. The predicted octanol–water partition coefficient (Wildman–Crippen LogP) is 2.98. The summed E-state index contributed by atoms with van der Waals surface area (Å²) >= 11 is 1.66. The number of nitrogens with zero attached hydrogens (tertiary/aromatic N) is 3. The molecule has 5 heteroatoms. The molecule has 4 nitrogen and oxygen atoms in total. The molecule has 2 rings (SSSR count). The standard InChI is InChI=1S/C12H16N4S/c1-8(2)10-4-12(15-6-14-10)13-5-11-9(3)16-7-17-11/h4,6-8H,5H2,1-3H3,(H,13,14,15).